The molecule has 1 aliphatic rings. The van der Waals surface area contributed by atoms with Gasteiger partial charge < -0.3 is 4.90 Å². The molecule has 16 heavy (non-hydrogen) atoms. The predicted octanol–water partition coefficient (Wildman–Crippen LogP) is 1.61. The quantitative estimate of drug-likeness (QED) is 0.767. The molecule has 1 aromatic rings. The van der Waals surface area contributed by atoms with Crippen molar-refractivity contribution in [2.24, 2.45) is 0 Å². The molecule has 0 spiro atoms. The normalized spacial score (nSPS) is 17.5. The van der Waals surface area contributed by atoms with E-state index in [9.17, 15) is 9.59 Å². The van der Waals surface area contributed by atoms with Crippen molar-refractivity contribution in [3.8, 4) is 0 Å². The van der Waals surface area contributed by atoms with E-state index in [4.69, 9.17) is 0 Å². The molecule has 84 valence electrons. The van der Waals surface area contributed by atoms with E-state index < -0.39 is 0 Å². The summed E-state index contributed by atoms with van der Waals surface area (Å²) in [7, 11) is 0. The third-order valence-electron chi connectivity index (χ3n) is 2.93. The third kappa shape index (κ3) is 1.78. The molecule has 4 heteroatoms. The Morgan fingerprint density at radius 2 is 2.00 bits per heavy atom. The maximum atomic E-state index is 11.5. The molecule has 2 rings (SSSR count). The second-order valence-electron chi connectivity index (χ2n) is 4.01. The van der Waals surface area contributed by atoms with Crippen LogP contribution in [-0.2, 0) is 4.79 Å². The average Bonchev–Trinajstić information content (AvgIpc) is 2.58. The van der Waals surface area contributed by atoms with Gasteiger partial charge in [-0.15, -0.1) is 0 Å². The smallest absolute Gasteiger partial charge is 0.308 e. The largest absolute Gasteiger partial charge is 0.325 e. The van der Waals surface area contributed by atoms with Crippen molar-refractivity contribution in [1.82, 2.24) is 10.2 Å². The summed E-state index contributed by atoms with van der Waals surface area (Å²) in [6.45, 7) is 4.08. The summed E-state index contributed by atoms with van der Waals surface area (Å²) in [6.07, 6.45) is 0. The molecule has 4 nitrogen and oxygen atoms in total. The Labute approximate surface area is 94.2 Å². The molecule has 0 bridgehead atoms. The van der Waals surface area contributed by atoms with Crippen LogP contribution in [0.2, 0.25) is 0 Å². The lowest BCUT2D eigenvalue weighted by atomic mass is 10.0. The van der Waals surface area contributed by atoms with Crippen LogP contribution >= 0.6 is 0 Å². The van der Waals surface area contributed by atoms with Crippen LogP contribution in [-0.4, -0.2) is 23.4 Å². The fraction of sp³-hybridized carbons (Fsp3) is 0.333. The van der Waals surface area contributed by atoms with E-state index in [-0.39, 0.29) is 24.5 Å². The Balaban J connectivity index is 2.26. The number of carbonyl (C=O) groups is 2. The molecule has 0 radical (unpaired) electrons. The Morgan fingerprint density at radius 3 is 2.56 bits per heavy atom. The van der Waals surface area contributed by atoms with E-state index in [1.807, 2.05) is 38.1 Å². The second kappa shape index (κ2) is 3.96. The Kier molecular flexibility index (Phi) is 2.64. The minimum absolute atomic E-state index is 0.0763. The van der Waals surface area contributed by atoms with Crippen LogP contribution in [0.1, 0.15) is 24.1 Å². The van der Waals surface area contributed by atoms with E-state index in [0.717, 1.165) is 11.1 Å². The first-order chi connectivity index (χ1) is 7.59. The second-order valence-corrected chi connectivity index (χ2v) is 4.01. The van der Waals surface area contributed by atoms with E-state index in [0.29, 0.717) is 0 Å². The number of carbonyl (C=O) groups excluding carboxylic acids is 2. The van der Waals surface area contributed by atoms with Crippen LogP contribution in [0, 0.1) is 6.92 Å². The van der Waals surface area contributed by atoms with Gasteiger partial charge in [-0.25, -0.2) is 4.79 Å². The van der Waals surface area contributed by atoms with Crippen LogP contribution in [0.3, 0.4) is 0 Å². The van der Waals surface area contributed by atoms with Gasteiger partial charge in [0.2, 0.25) is 5.91 Å². The first-order valence-electron chi connectivity index (χ1n) is 5.25. The van der Waals surface area contributed by atoms with Crippen molar-refractivity contribution in [2.45, 2.75) is 19.9 Å². The van der Waals surface area contributed by atoms with Gasteiger partial charge in [0.05, 0.1) is 6.04 Å². The van der Waals surface area contributed by atoms with Crippen molar-refractivity contribution in [3.05, 3.63) is 35.4 Å². The van der Waals surface area contributed by atoms with Crippen molar-refractivity contribution >= 4 is 11.9 Å². The molecule has 1 saturated heterocycles. The number of hydrogen-bond acceptors (Lipinski definition) is 2. The number of nitrogens with one attached hydrogen (secondary N) is 1. The molecule has 1 aromatic carbocycles. The molecule has 0 saturated carbocycles. The highest BCUT2D eigenvalue weighted by Crippen LogP contribution is 2.24. The van der Waals surface area contributed by atoms with Gasteiger partial charge in [0.1, 0.15) is 6.54 Å². The summed E-state index contributed by atoms with van der Waals surface area (Å²) in [5, 5.41) is 2.29. The van der Waals surface area contributed by atoms with E-state index in [2.05, 4.69) is 5.32 Å². The third-order valence-corrected chi connectivity index (χ3v) is 2.93. The van der Waals surface area contributed by atoms with Crippen molar-refractivity contribution in [3.63, 3.8) is 0 Å². The monoisotopic (exact) mass is 218 g/mol. The first-order valence-corrected chi connectivity index (χ1v) is 5.25. The number of aryl methyl sites for hydroxylation is 1. The summed E-state index contributed by atoms with van der Waals surface area (Å²) in [5.41, 5.74) is 2.20. The zero-order valence-corrected chi connectivity index (χ0v) is 9.36. The number of hydrogen-bond donors (Lipinski definition) is 1. The van der Waals surface area contributed by atoms with Crippen molar-refractivity contribution in [1.29, 1.82) is 0 Å². The van der Waals surface area contributed by atoms with Gasteiger partial charge in [-0.1, -0.05) is 24.3 Å². The topological polar surface area (TPSA) is 49.4 Å². The van der Waals surface area contributed by atoms with E-state index >= 15 is 0 Å². The lowest BCUT2D eigenvalue weighted by molar-refractivity contribution is -0.118. The molecule has 1 unspecified atom stereocenters. The Hall–Kier alpha value is -1.84. The molecule has 1 atom stereocenters. The van der Waals surface area contributed by atoms with Crippen LogP contribution < -0.4 is 5.32 Å². The van der Waals surface area contributed by atoms with Gasteiger partial charge in [0, 0.05) is 0 Å². The van der Waals surface area contributed by atoms with Gasteiger partial charge in [0.25, 0.3) is 0 Å². The van der Waals surface area contributed by atoms with Crippen LogP contribution in [0.15, 0.2) is 24.3 Å². The van der Waals surface area contributed by atoms with Gasteiger partial charge in [-0.3, -0.25) is 10.1 Å². The molecule has 1 N–H and O–H groups in total. The first kappa shape index (κ1) is 10.7. The predicted molar refractivity (Wildman–Crippen MR) is 59.8 cm³/mol. The number of benzene rings is 1. The highest BCUT2D eigenvalue weighted by Gasteiger charge is 2.31. The zero-order chi connectivity index (χ0) is 11.7. The fourth-order valence-electron chi connectivity index (χ4n) is 1.99. The van der Waals surface area contributed by atoms with Crippen LogP contribution in [0.25, 0.3) is 0 Å². The van der Waals surface area contributed by atoms with Crippen LogP contribution in [0.5, 0.6) is 0 Å². The maximum absolute atomic E-state index is 11.5. The Morgan fingerprint density at radius 1 is 1.31 bits per heavy atom. The summed E-state index contributed by atoms with van der Waals surface area (Å²) in [4.78, 5) is 24.2. The minimum Gasteiger partial charge on any atom is -0.308 e. The average molecular weight is 218 g/mol. The van der Waals surface area contributed by atoms with Gasteiger partial charge in [0.15, 0.2) is 0 Å². The lowest BCUT2D eigenvalue weighted by Gasteiger charge is -2.23. The molecule has 1 aliphatic heterocycles. The minimum atomic E-state index is -0.305. The van der Waals surface area contributed by atoms with Gasteiger partial charge >= 0.3 is 6.03 Å². The van der Waals surface area contributed by atoms with E-state index in [1.54, 1.807) is 4.90 Å². The van der Waals surface area contributed by atoms with Gasteiger partial charge in [-0.05, 0) is 25.0 Å². The Bertz CT molecular complexity index is 442. The summed E-state index contributed by atoms with van der Waals surface area (Å²) in [5.74, 6) is -0.231. The summed E-state index contributed by atoms with van der Waals surface area (Å²) >= 11 is 0. The highest BCUT2D eigenvalue weighted by atomic mass is 16.2. The molecule has 0 aromatic heterocycles. The number of nitrogens with zero attached hydrogens (tertiary/aromatic N) is 1. The maximum Gasteiger partial charge on any atom is 0.325 e. The molecular weight excluding hydrogens is 204 g/mol. The number of rotatable bonds is 2. The molecule has 0 aliphatic carbocycles. The van der Waals surface area contributed by atoms with Crippen LogP contribution in [0.4, 0.5) is 4.79 Å². The molecule has 1 heterocycles. The van der Waals surface area contributed by atoms with Crippen molar-refractivity contribution < 1.29 is 9.59 Å². The van der Waals surface area contributed by atoms with E-state index in [1.165, 1.54) is 0 Å². The number of imide groups is 1. The molecule has 3 amide bonds. The summed E-state index contributed by atoms with van der Waals surface area (Å²) in [6, 6.07) is 7.50. The standard InChI is InChI=1S/C12H14N2O2/c1-8-5-3-4-6-10(8)9(2)14-7-11(15)13-12(14)16/h3-6,9H,7H2,1-2H3,(H,13,15,16). The lowest BCUT2D eigenvalue weighted by Crippen LogP contribution is -2.31. The fourth-order valence-corrected chi connectivity index (χ4v) is 1.99. The van der Waals surface area contributed by atoms with Gasteiger partial charge in [-0.2, -0.15) is 0 Å². The SMILES string of the molecule is Cc1ccccc1C(C)N1CC(=O)NC1=O. The number of amides is 3. The number of urea groups is 1. The highest BCUT2D eigenvalue weighted by molar-refractivity contribution is 6.02. The zero-order valence-electron chi connectivity index (χ0n) is 9.36. The molecular formula is C12H14N2O2. The summed E-state index contributed by atoms with van der Waals surface area (Å²) < 4.78 is 0. The van der Waals surface area contributed by atoms with Crippen molar-refractivity contribution in [2.75, 3.05) is 6.54 Å². The molecule has 1 fully saturated rings.